The van der Waals surface area contributed by atoms with Gasteiger partial charge in [-0.05, 0) is 19.9 Å². The summed E-state index contributed by atoms with van der Waals surface area (Å²) in [5, 5.41) is 13.8. The van der Waals surface area contributed by atoms with E-state index in [-0.39, 0.29) is 12.3 Å². The molecule has 0 heterocycles. The van der Waals surface area contributed by atoms with Crippen LogP contribution in [0.3, 0.4) is 0 Å². The minimum Gasteiger partial charge on any atom is -0.481 e. The lowest BCUT2D eigenvalue weighted by Crippen LogP contribution is -2.42. The second-order valence-corrected chi connectivity index (χ2v) is 3.31. The lowest BCUT2D eigenvalue weighted by molar-refractivity contribution is -0.137. The van der Waals surface area contributed by atoms with Crippen LogP contribution in [-0.2, 0) is 9.59 Å². The second-order valence-electron chi connectivity index (χ2n) is 3.31. The van der Waals surface area contributed by atoms with E-state index >= 15 is 0 Å². The maximum Gasteiger partial charge on any atom is 0.303 e. The number of aliphatic carboxylic acids is 1. The van der Waals surface area contributed by atoms with Gasteiger partial charge in [-0.2, -0.15) is 0 Å². The summed E-state index contributed by atoms with van der Waals surface area (Å²) in [7, 11) is 1.76. The summed E-state index contributed by atoms with van der Waals surface area (Å²) >= 11 is 0. The molecular formula is C9H19N3O3. The molecule has 1 atom stereocenters. The highest BCUT2D eigenvalue weighted by molar-refractivity contribution is 5.76. The van der Waals surface area contributed by atoms with Crippen molar-refractivity contribution < 1.29 is 14.7 Å². The van der Waals surface area contributed by atoms with Crippen LogP contribution in [0.4, 0.5) is 0 Å². The molecule has 0 aliphatic carbocycles. The lowest BCUT2D eigenvalue weighted by Gasteiger charge is -2.12. The first-order valence-electron chi connectivity index (χ1n) is 4.97. The fraction of sp³-hybridized carbons (Fsp3) is 0.778. The maximum absolute atomic E-state index is 11.2. The van der Waals surface area contributed by atoms with Gasteiger partial charge in [-0.15, -0.1) is 0 Å². The molecule has 0 radical (unpaired) electrons. The van der Waals surface area contributed by atoms with E-state index in [1.807, 2.05) is 0 Å². The van der Waals surface area contributed by atoms with Crippen molar-refractivity contribution in [2.24, 2.45) is 5.73 Å². The standard InChI is InChI=1S/C9H19N3O3/c1-11-6-5-8(13)12-7(10)3-2-4-9(14)15/h7,11H,2-6,10H2,1H3,(H,12,13)(H,14,15). The Bertz CT molecular complexity index is 209. The van der Waals surface area contributed by atoms with Crippen LogP contribution in [0.15, 0.2) is 0 Å². The molecule has 0 bridgehead atoms. The third kappa shape index (κ3) is 9.17. The van der Waals surface area contributed by atoms with Crippen molar-refractivity contribution >= 4 is 11.9 Å². The quantitative estimate of drug-likeness (QED) is 0.400. The van der Waals surface area contributed by atoms with E-state index in [4.69, 9.17) is 10.8 Å². The van der Waals surface area contributed by atoms with E-state index < -0.39 is 12.1 Å². The van der Waals surface area contributed by atoms with Gasteiger partial charge in [0, 0.05) is 19.4 Å². The molecule has 0 spiro atoms. The third-order valence-electron chi connectivity index (χ3n) is 1.85. The van der Waals surface area contributed by atoms with Gasteiger partial charge in [0.1, 0.15) is 0 Å². The van der Waals surface area contributed by atoms with E-state index in [1.165, 1.54) is 0 Å². The molecule has 0 saturated carbocycles. The molecule has 0 aromatic heterocycles. The average molecular weight is 217 g/mol. The molecule has 0 rings (SSSR count). The van der Waals surface area contributed by atoms with Gasteiger partial charge in [0.15, 0.2) is 0 Å². The van der Waals surface area contributed by atoms with Crippen LogP contribution in [0, 0.1) is 0 Å². The second kappa shape index (κ2) is 8.19. The summed E-state index contributed by atoms with van der Waals surface area (Å²) in [5.74, 6) is -0.962. The number of rotatable bonds is 8. The van der Waals surface area contributed by atoms with Crippen LogP contribution in [0.25, 0.3) is 0 Å². The number of carboxylic acids is 1. The molecule has 0 aliphatic heterocycles. The zero-order valence-corrected chi connectivity index (χ0v) is 8.95. The monoisotopic (exact) mass is 217 g/mol. The van der Waals surface area contributed by atoms with Gasteiger partial charge in [0.2, 0.25) is 5.91 Å². The van der Waals surface area contributed by atoms with E-state index in [1.54, 1.807) is 7.05 Å². The highest BCUT2D eigenvalue weighted by atomic mass is 16.4. The smallest absolute Gasteiger partial charge is 0.303 e. The molecule has 0 aromatic rings. The zero-order chi connectivity index (χ0) is 11.7. The molecule has 1 amide bonds. The van der Waals surface area contributed by atoms with Crippen molar-refractivity contribution in [2.75, 3.05) is 13.6 Å². The number of hydrogen-bond donors (Lipinski definition) is 4. The Morgan fingerprint density at radius 2 is 2.07 bits per heavy atom. The Morgan fingerprint density at radius 3 is 2.60 bits per heavy atom. The first-order chi connectivity index (χ1) is 7.06. The van der Waals surface area contributed by atoms with Crippen LogP contribution in [0.5, 0.6) is 0 Å². The Labute approximate surface area is 89.2 Å². The van der Waals surface area contributed by atoms with Gasteiger partial charge in [-0.1, -0.05) is 0 Å². The van der Waals surface area contributed by atoms with Crippen LogP contribution in [-0.4, -0.2) is 36.7 Å². The first kappa shape index (κ1) is 13.9. The normalized spacial score (nSPS) is 12.1. The number of nitrogens with one attached hydrogen (secondary N) is 2. The zero-order valence-electron chi connectivity index (χ0n) is 8.95. The van der Waals surface area contributed by atoms with Crippen LogP contribution >= 0.6 is 0 Å². The summed E-state index contributed by atoms with van der Waals surface area (Å²) in [6.45, 7) is 0.605. The number of carbonyl (C=O) groups excluding carboxylic acids is 1. The lowest BCUT2D eigenvalue weighted by atomic mass is 10.2. The molecule has 0 aromatic carbocycles. The van der Waals surface area contributed by atoms with Crippen molar-refractivity contribution in [3.8, 4) is 0 Å². The molecule has 6 heteroatoms. The molecule has 0 fully saturated rings. The topological polar surface area (TPSA) is 104 Å². The van der Waals surface area contributed by atoms with E-state index in [9.17, 15) is 9.59 Å². The largest absolute Gasteiger partial charge is 0.481 e. The highest BCUT2D eigenvalue weighted by Crippen LogP contribution is 1.97. The summed E-state index contributed by atoms with van der Waals surface area (Å²) in [5.41, 5.74) is 5.59. The van der Waals surface area contributed by atoms with Crippen LogP contribution in [0.2, 0.25) is 0 Å². The minimum atomic E-state index is -0.844. The predicted octanol–water partition coefficient (Wildman–Crippen LogP) is -0.748. The van der Waals surface area contributed by atoms with E-state index in [2.05, 4.69) is 10.6 Å². The average Bonchev–Trinajstić information content (AvgIpc) is 2.14. The molecule has 88 valence electrons. The number of nitrogens with two attached hydrogens (primary N) is 1. The van der Waals surface area contributed by atoms with Crippen molar-refractivity contribution in [3.63, 3.8) is 0 Å². The van der Waals surface area contributed by atoms with E-state index in [0.29, 0.717) is 25.8 Å². The van der Waals surface area contributed by atoms with E-state index in [0.717, 1.165) is 0 Å². The summed E-state index contributed by atoms with van der Waals surface area (Å²) < 4.78 is 0. The van der Waals surface area contributed by atoms with Gasteiger partial charge in [-0.3, -0.25) is 9.59 Å². The summed E-state index contributed by atoms with van der Waals surface area (Å²) in [6, 6.07) is 0. The van der Waals surface area contributed by atoms with Crippen molar-refractivity contribution in [2.45, 2.75) is 31.8 Å². The number of carboxylic acid groups (broad SMARTS) is 1. The fourth-order valence-corrected chi connectivity index (χ4v) is 1.06. The number of hydrogen-bond acceptors (Lipinski definition) is 4. The van der Waals surface area contributed by atoms with Crippen LogP contribution in [0.1, 0.15) is 25.7 Å². The Morgan fingerprint density at radius 1 is 1.40 bits per heavy atom. The van der Waals surface area contributed by atoms with Crippen molar-refractivity contribution in [3.05, 3.63) is 0 Å². The molecule has 0 saturated heterocycles. The molecule has 6 nitrogen and oxygen atoms in total. The molecule has 5 N–H and O–H groups in total. The number of carbonyl (C=O) groups is 2. The molecule has 15 heavy (non-hydrogen) atoms. The van der Waals surface area contributed by atoms with Gasteiger partial charge >= 0.3 is 5.97 Å². The first-order valence-corrected chi connectivity index (χ1v) is 4.97. The Kier molecular flexibility index (Phi) is 7.57. The van der Waals surface area contributed by atoms with Crippen molar-refractivity contribution in [1.29, 1.82) is 0 Å². The molecule has 1 unspecified atom stereocenters. The highest BCUT2D eigenvalue weighted by Gasteiger charge is 2.07. The van der Waals surface area contributed by atoms with Gasteiger partial charge < -0.3 is 21.5 Å². The van der Waals surface area contributed by atoms with Gasteiger partial charge in [0.25, 0.3) is 0 Å². The predicted molar refractivity (Wildman–Crippen MR) is 56.1 cm³/mol. The fourth-order valence-electron chi connectivity index (χ4n) is 1.06. The Balaban J connectivity index is 3.50. The number of amides is 1. The van der Waals surface area contributed by atoms with Gasteiger partial charge in [-0.25, -0.2) is 0 Å². The third-order valence-corrected chi connectivity index (χ3v) is 1.85. The van der Waals surface area contributed by atoms with Gasteiger partial charge in [0.05, 0.1) is 6.17 Å². The minimum absolute atomic E-state index is 0.0834. The summed E-state index contributed by atoms with van der Waals surface area (Å²) in [6.07, 6.45) is 0.970. The van der Waals surface area contributed by atoms with Crippen LogP contribution < -0.4 is 16.4 Å². The Hall–Kier alpha value is -1.14. The van der Waals surface area contributed by atoms with Crippen molar-refractivity contribution in [1.82, 2.24) is 10.6 Å². The SMILES string of the molecule is CNCCC(=O)NC(N)CCCC(=O)O. The summed E-state index contributed by atoms with van der Waals surface area (Å²) in [4.78, 5) is 21.4. The maximum atomic E-state index is 11.2. The molecule has 0 aliphatic rings. The molecular weight excluding hydrogens is 198 g/mol.